The average Bonchev–Trinajstić information content (AvgIpc) is 2.37. The van der Waals surface area contributed by atoms with Gasteiger partial charge in [-0.25, -0.2) is 0 Å². The summed E-state index contributed by atoms with van der Waals surface area (Å²) in [5.74, 6) is 6.22. The first-order valence-corrected chi connectivity index (χ1v) is 8.95. The molecule has 1 nitrogen and oxygen atoms in total. The van der Waals surface area contributed by atoms with Crippen molar-refractivity contribution in [2.24, 2.45) is 35.5 Å². The van der Waals surface area contributed by atoms with Gasteiger partial charge in [0.05, 0.1) is 0 Å². The summed E-state index contributed by atoms with van der Waals surface area (Å²) in [6, 6.07) is 1.74. The maximum Gasteiger partial charge on any atom is 0.0127 e. The molecular weight excluding hydrogens is 230 g/mol. The van der Waals surface area contributed by atoms with E-state index in [1.165, 1.54) is 19.3 Å². The van der Waals surface area contributed by atoms with Gasteiger partial charge >= 0.3 is 0 Å². The lowest BCUT2D eigenvalue weighted by Crippen LogP contribution is -2.57. The summed E-state index contributed by atoms with van der Waals surface area (Å²) < 4.78 is 0. The molecule has 5 aliphatic carbocycles. The van der Waals surface area contributed by atoms with Gasteiger partial charge in [-0.15, -0.1) is 0 Å². The van der Waals surface area contributed by atoms with E-state index in [9.17, 15) is 0 Å². The lowest BCUT2D eigenvalue weighted by molar-refractivity contribution is -0.0210. The van der Waals surface area contributed by atoms with Crippen molar-refractivity contribution in [3.05, 3.63) is 0 Å². The molecule has 0 aromatic carbocycles. The summed E-state index contributed by atoms with van der Waals surface area (Å²) in [6.45, 7) is 4.92. The second-order valence-electron chi connectivity index (χ2n) is 8.59. The quantitative estimate of drug-likeness (QED) is 0.784. The summed E-state index contributed by atoms with van der Waals surface area (Å²) in [4.78, 5) is 0. The average molecular weight is 261 g/mol. The Kier molecular flexibility index (Phi) is 3.17. The van der Waals surface area contributed by atoms with E-state index < -0.39 is 0 Å². The van der Waals surface area contributed by atoms with Crippen molar-refractivity contribution in [1.82, 2.24) is 5.32 Å². The molecule has 0 aromatic rings. The molecule has 19 heavy (non-hydrogen) atoms. The van der Waals surface area contributed by atoms with Crippen LogP contribution in [0.5, 0.6) is 0 Å². The van der Waals surface area contributed by atoms with Crippen molar-refractivity contribution in [2.45, 2.75) is 77.3 Å². The Labute approximate surface area is 118 Å². The van der Waals surface area contributed by atoms with E-state index in [0.29, 0.717) is 0 Å². The normalized spacial score (nSPS) is 56.5. The molecule has 1 N–H and O–H groups in total. The SMILES string of the molecule is CC1CCC(NC2C3CC4CC(C3)CC2C4)CC1C. The highest BCUT2D eigenvalue weighted by Crippen LogP contribution is 2.54. The molecule has 1 heteroatoms. The molecule has 3 unspecified atom stereocenters. The van der Waals surface area contributed by atoms with E-state index in [4.69, 9.17) is 0 Å². The minimum Gasteiger partial charge on any atom is -0.311 e. The number of hydrogen-bond donors (Lipinski definition) is 1. The fourth-order valence-electron chi connectivity index (χ4n) is 6.17. The summed E-state index contributed by atoms with van der Waals surface area (Å²) in [7, 11) is 0. The molecule has 4 bridgehead atoms. The summed E-state index contributed by atoms with van der Waals surface area (Å²) in [6.07, 6.45) is 12.1. The van der Waals surface area contributed by atoms with Crippen LogP contribution < -0.4 is 5.32 Å². The third-order valence-electron chi connectivity index (χ3n) is 7.25. The van der Waals surface area contributed by atoms with Crippen LogP contribution in [0.3, 0.4) is 0 Å². The van der Waals surface area contributed by atoms with Crippen LogP contribution in [-0.4, -0.2) is 12.1 Å². The third kappa shape index (κ3) is 2.26. The molecule has 5 saturated carbocycles. The Morgan fingerprint density at radius 3 is 1.89 bits per heavy atom. The predicted molar refractivity (Wildman–Crippen MR) is 79.9 cm³/mol. The van der Waals surface area contributed by atoms with Gasteiger partial charge in [-0.05, 0) is 86.9 Å². The highest BCUT2D eigenvalue weighted by atomic mass is 15.0. The molecule has 0 amide bonds. The van der Waals surface area contributed by atoms with Crippen LogP contribution in [0.4, 0.5) is 0 Å². The van der Waals surface area contributed by atoms with Crippen LogP contribution in [0.25, 0.3) is 0 Å². The number of nitrogens with one attached hydrogen (secondary N) is 1. The lowest BCUT2D eigenvalue weighted by Gasteiger charge is -2.55. The predicted octanol–water partition coefficient (Wildman–Crippen LogP) is 4.23. The molecule has 0 spiro atoms. The zero-order chi connectivity index (χ0) is 13.0. The molecule has 5 aliphatic rings. The number of rotatable bonds is 2. The Bertz CT molecular complexity index is 309. The van der Waals surface area contributed by atoms with E-state index in [0.717, 1.165) is 47.6 Å². The second kappa shape index (κ2) is 4.76. The van der Waals surface area contributed by atoms with Crippen molar-refractivity contribution in [3.8, 4) is 0 Å². The van der Waals surface area contributed by atoms with Gasteiger partial charge in [0, 0.05) is 12.1 Å². The molecule has 0 radical (unpaired) electrons. The fourth-order valence-corrected chi connectivity index (χ4v) is 6.17. The van der Waals surface area contributed by atoms with Gasteiger partial charge in [0.1, 0.15) is 0 Å². The van der Waals surface area contributed by atoms with Gasteiger partial charge in [-0.3, -0.25) is 0 Å². The third-order valence-corrected chi connectivity index (χ3v) is 7.25. The maximum atomic E-state index is 4.15. The largest absolute Gasteiger partial charge is 0.311 e. The van der Waals surface area contributed by atoms with Crippen molar-refractivity contribution in [3.63, 3.8) is 0 Å². The Hall–Kier alpha value is -0.0400. The van der Waals surface area contributed by atoms with E-state index in [1.54, 1.807) is 32.1 Å². The molecule has 3 atom stereocenters. The monoisotopic (exact) mass is 261 g/mol. The summed E-state index contributed by atoms with van der Waals surface area (Å²) in [5.41, 5.74) is 0. The Morgan fingerprint density at radius 2 is 1.32 bits per heavy atom. The molecule has 108 valence electrons. The molecule has 0 aromatic heterocycles. The summed E-state index contributed by atoms with van der Waals surface area (Å²) in [5, 5.41) is 4.15. The zero-order valence-electron chi connectivity index (χ0n) is 12.8. The molecular formula is C18H31N. The first kappa shape index (κ1) is 12.7. The van der Waals surface area contributed by atoms with Crippen molar-refractivity contribution in [2.75, 3.05) is 0 Å². The first-order chi connectivity index (χ1) is 9.19. The Morgan fingerprint density at radius 1 is 0.684 bits per heavy atom. The standard InChI is InChI=1S/C18H31N/c1-11-3-4-17(5-12(11)2)19-18-15-7-13-6-14(9-15)10-16(18)8-13/h11-19H,3-10H2,1-2H3. The van der Waals surface area contributed by atoms with Gasteiger partial charge in [-0.2, -0.15) is 0 Å². The molecule has 0 saturated heterocycles. The van der Waals surface area contributed by atoms with Crippen LogP contribution in [0, 0.1) is 35.5 Å². The molecule has 5 rings (SSSR count). The minimum atomic E-state index is 0.841. The van der Waals surface area contributed by atoms with E-state index in [2.05, 4.69) is 19.2 Å². The molecule has 5 fully saturated rings. The highest BCUT2D eigenvalue weighted by Gasteiger charge is 2.48. The van der Waals surface area contributed by atoms with Gasteiger partial charge in [0.25, 0.3) is 0 Å². The topological polar surface area (TPSA) is 12.0 Å². The summed E-state index contributed by atoms with van der Waals surface area (Å²) >= 11 is 0. The molecule has 0 aliphatic heterocycles. The van der Waals surface area contributed by atoms with Crippen molar-refractivity contribution < 1.29 is 0 Å². The van der Waals surface area contributed by atoms with Crippen LogP contribution in [0.15, 0.2) is 0 Å². The number of hydrogen-bond acceptors (Lipinski definition) is 1. The first-order valence-electron chi connectivity index (χ1n) is 8.95. The molecule has 0 heterocycles. The van der Waals surface area contributed by atoms with Crippen LogP contribution in [0.1, 0.15) is 65.2 Å². The van der Waals surface area contributed by atoms with Crippen LogP contribution in [-0.2, 0) is 0 Å². The maximum absolute atomic E-state index is 4.15. The lowest BCUT2D eigenvalue weighted by atomic mass is 9.54. The van der Waals surface area contributed by atoms with Gasteiger partial charge < -0.3 is 5.32 Å². The van der Waals surface area contributed by atoms with Crippen molar-refractivity contribution >= 4 is 0 Å². The Balaban J connectivity index is 1.40. The van der Waals surface area contributed by atoms with Crippen molar-refractivity contribution in [1.29, 1.82) is 0 Å². The smallest absolute Gasteiger partial charge is 0.0127 e. The van der Waals surface area contributed by atoms with E-state index in [-0.39, 0.29) is 0 Å². The van der Waals surface area contributed by atoms with E-state index >= 15 is 0 Å². The zero-order valence-corrected chi connectivity index (χ0v) is 12.8. The minimum absolute atomic E-state index is 0.841. The fraction of sp³-hybridized carbons (Fsp3) is 1.00. The van der Waals surface area contributed by atoms with Gasteiger partial charge in [0.2, 0.25) is 0 Å². The van der Waals surface area contributed by atoms with Gasteiger partial charge in [0.15, 0.2) is 0 Å². The van der Waals surface area contributed by atoms with Crippen LogP contribution >= 0.6 is 0 Å². The highest BCUT2D eigenvalue weighted by molar-refractivity contribution is 5.02. The van der Waals surface area contributed by atoms with E-state index in [1.807, 2.05) is 0 Å². The second-order valence-corrected chi connectivity index (χ2v) is 8.59. The van der Waals surface area contributed by atoms with Crippen LogP contribution in [0.2, 0.25) is 0 Å². The van der Waals surface area contributed by atoms with Gasteiger partial charge in [-0.1, -0.05) is 13.8 Å².